The summed E-state index contributed by atoms with van der Waals surface area (Å²) in [7, 11) is 2.89. The van der Waals surface area contributed by atoms with Crippen molar-refractivity contribution in [2.75, 3.05) is 20.8 Å². The first kappa shape index (κ1) is 16.3. The molecule has 0 saturated heterocycles. The Kier molecular flexibility index (Phi) is 5.02. The van der Waals surface area contributed by atoms with Gasteiger partial charge in [-0.15, -0.1) is 0 Å². The van der Waals surface area contributed by atoms with Crippen LogP contribution >= 0.6 is 0 Å². The first-order valence-corrected chi connectivity index (χ1v) is 6.99. The largest absolute Gasteiger partial charge is 0.477 e. The molecule has 0 spiro atoms. The molecule has 1 aromatic rings. The molecule has 120 valence electrons. The van der Waals surface area contributed by atoms with Crippen molar-refractivity contribution in [3.63, 3.8) is 0 Å². The smallest absolute Gasteiger partial charge is 0.327 e. The lowest BCUT2D eigenvalue weighted by molar-refractivity contribution is -0.285. The number of aliphatic imine (C=N–C) groups is 1. The molecule has 1 aliphatic rings. The minimum absolute atomic E-state index is 0.268. The number of nitrogens with two attached hydrogens (primary N) is 2. The molecule has 0 amide bonds. The highest BCUT2D eigenvalue weighted by Gasteiger charge is 2.42. The fraction of sp³-hybridized carbons (Fsp3) is 0.400. The Bertz CT molecular complexity index is 573. The third-order valence-electron chi connectivity index (χ3n) is 3.31. The van der Waals surface area contributed by atoms with Crippen LogP contribution < -0.4 is 11.5 Å². The highest BCUT2D eigenvalue weighted by atomic mass is 16.7. The average Bonchev–Trinajstić information content (AvgIpc) is 2.52. The van der Waals surface area contributed by atoms with E-state index in [-0.39, 0.29) is 5.84 Å². The lowest BCUT2D eigenvalue weighted by Gasteiger charge is -2.39. The van der Waals surface area contributed by atoms with E-state index in [1.807, 2.05) is 37.3 Å². The Morgan fingerprint density at radius 2 is 1.91 bits per heavy atom. The highest BCUT2D eigenvalue weighted by Crippen LogP contribution is 2.29. The minimum Gasteiger partial charge on any atom is -0.477 e. The van der Waals surface area contributed by atoms with Crippen LogP contribution in [-0.4, -0.2) is 37.7 Å². The molecule has 1 aromatic carbocycles. The van der Waals surface area contributed by atoms with Gasteiger partial charge in [0.05, 0.1) is 19.3 Å². The number of rotatable bonds is 6. The van der Waals surface area contributed by atoms with Crippen molar-refractivity contribution in [2.24, 2.45) is 16.5 Å². The number of hydrogen-bond donors (Lipinski definition) is 2. The van der Waals surface area contributed by atoms with Crippen molar-refractivity contribution in [1.29, 1.82) is 0 Å². The lowest BCUT2D eigenvalue weighted by atomic mass is 10.0. The van der Waals surface area contributed by atoms with Gasteiger partial charge in [0.15, 0.2) is 0 Å². The number of ether oxygens (including phenoxy) is 2. The van der Waals surface area contributed by atoms with Gasteiger partial charge in [-0.25, -0.2) is 0 Å². The van der Waals surface area contributed by atoms with Gasteiger partial charge in [-0.3, -0.25) is 10.6 Å². The topological polar surface area (TPSA) is 95.3 Å². The zero-order valence-electron chi connectivity index (χ0n) is 13.1. The Labute approximate surface area is 130 Å². The minimum atomic E-state index is -1.55. The molecular weight excluding hydrogens is 284 g/mol. The Morgan fingerprint density at radius 1 is 1.23 bits per heavy atom. The van der Waals surface area contributed by atoms with E-state index < -0.39 is 5.97 Å². The first-order chi connectivity index (χ1) is 10.6. The van der Waals surface area contributed by atoms with Gasteiger partial charge in [-0.1, -0.05) is 30.3 Å². The van der Waals surface area contributed by atoms with Crippen LogP contribution in [-0.2, 0) is 20.7 Å². The number of nitrogens with zero attached hydrogens (tertiary/aromatic N) is 2. The normalized spacial score (nSPS) is 21.8. The van der Waals surface area contributed by atoms with Crippen LogP contribution in [0.4, 0.5) is 0 Å². The van der Waals surface area contributed by atoms with Crippen molar-refractivity contribution in [3.05, 3.63) is 47.4 Å². The summed E-state index contributed by atoms with van der Waals surface area (Å²) in [5.41, 5.74) is 13.9. The van der Waals surface area contributed by atoms with E-state index in [0.29, 0.717) is 24.5 Å². The second-order valence-electron chi connectivity index (χ2n) is 4.72. The molecular formula is C15H22N4O3. The monoisotopic (exact) mass is 306 g/mol. The second-order valence-corrected chi connectivity index (χ2v) is 4.72. The Hall–Kier alpha value is -2.09. The van der Waals surface area contributed by atoms with E-state index in [4.69, 9.17) is 25.8 Å². The number of hydroxylamine groups is 2. The Morgan fingerprint density at radius 3 is 2.45 bits per heavy atom. The lowest BCUT2D eigenvalue weighted by Crippen LogP contribution is -2.59. The molecule has 0 bridgehead atoms. The van der Waals surface area contributed by atoms with Gasteiger partial charge in [0.1, 0.15) is 5.84 Å². The number of benzene rings is 1. The SMILES string of the molecule is CCOC1=C(Cc2ccccc2)C(N)=NC(N)(OC)N1OC. The van der Waals surface area contributed by atoms with Gasteiger partial charge in [0.25, 0.3) is 0 Å². The molecule has 1 heterocycles. The third kappa shape index (κ3) is 3.06. The van der Waals surface area contributed by atoms with Crippen molar-refractivity contribution >= 4 is 5.84 Å². The van der Waals surface area contributed by atoms with Crippen LogP contribution in [0.2, 0.25) is 0 Å². The Balaban J connectivity index is 2.45. The van der Waals surface area contributed by atoms with Crippen LogP contribution in [0.15, 0.2) is 46.8 Å². The van der Waals surface area contributed by atoms with Crippen LogP contribution in [0.5, 0.6) is 0 Å². The molecule has 7 nitrogen and oxygen atoms in total. The predicted molar refractivity (Wildman–Crippen MR) is 83.2 cm³/mol. The summed E-state index contributed by atoms with van der Waals surface area (Å²) in [5.74, 6) is -0.876. The van der Waals surface area contributed by atoms with Gasteiger partial charge in [0.2, 0.25) is 5.88 Å². The number of methoxy groups -OCH3 is 1. The number of amidine groups is 1. The van der Waals surface area contributed by atoms with Crippen LogP contribution in [0, 0.1) is 0 Å². The summed E-state index contributed by atoms with van der Waals surface area (Å²) in [4.78, 5) is 9.52. The quantitative estimate of drug-likeness (QED) is 0.759. The molecule has 0 aliphatic carbocycles. The third-order valence-corrected chi connectivity index (χ3v) is 3.31. The van der Waals surface area contributed by atoms with E-state index in [1.54, 1.807) is 0 Å². The second kappa shape index (κ2) is 6.78. The van der Waals surface area contributed by atoms with Gasteiger partial charge in [-0.05, 0) is 12.5 Å². The molecule has 1 atom stereocenters. The van der Waals surface area contributed by atoms with Crippen molar-refractivity contribution in [1.82, 2.24) is 5.06 Å². The maximum absolute atomic E-state index is 6.09. The summed E-state index contributed by atoms with van der Waals surface area (Å²) in [6, 6.07) is 9.88. The van der Waals surface area contributed by atoms with Crippen LogP contribution in [0.1, 0.15) is 12.5 Å². The fourth-order valence-electron chi connectivity index (χ4n) is 2.25. The maximum Gasteiger partial charge on any atom is 0.327 e. The van der Waals surface area contributed by atoms with Gasteiger partial charge in [-0.2, -0.15) is 10.1 Å². The van der Waals surface area contributed by atoms with Gasteiger partial charge >= 0.3 is 5.97 Å². The van der Waals surface area contributed by atoms with E-state index in [1.165, 1.54) is 19.3 Å². The molecule has 7 heteroatoms. The van der Waals surface area contributed by atoms with E-state index in [9.17, 15) is 0 Å². The molecule has 22 heavy (non-hydrogen) atoms. The predicted octanol–water partition coefficient (Wildman–Crippen LogP) is 0.928. The van der Waals surface area contributed by atoms with Crippen molar-refractivity contribution < 1.29 is 14.3 Å². The molecule has 1 aliphatic heterocycles. The van der Waals surface area contributed by atoms with Crippen molar-refractivity contribution in [2.45, 2.75) is 19.3 Å². The zero-order valence-corrected chi connectivity index (χ0v) is 13.1. The van der Waals surface area contributed by atoms with E-state index in [2.05, 4.69) is 4.99 Å². The van der Waals surface area contributed by atoms with Crippen molar-refractivity contribution in [3.8, 4) is 0 Å². The zero-order chi connectivity index (χ0) is 16.2. The number of hydrogen-bond acceptors (Lipinski definition) is 7. The first-order valence-electron chi connectivity index (χ1n) is 6.99. The standard InChI is InChI=1S/C15H22N4O3/c1-4-22-14-12(10-11-8-6-5-7-9-11)13(16)18-15(17,20-2)19(14)21-3/h5-9H,4,10,17H2,1-3H3,(H2,16,18). The molecule has 0 saturated carbocycles. The van der Waals surface area contributed by atoms with Crippen LogP contribution in [0.25, 0.3) is 0 Å². The van der Waals surface area contributed by atoms with E-state index >= 15 is 0 Å². The summed E-state index contributed by atoms with van der Waals surface area (Å²) < 4.78 is 10.9. The molecule has 0 aromatic heterocycles. The summed E-state index contributed by atoms with van der Waals surface area (Å²) in [5, 5.41) is 1.28. The summed E-state index contributed by atoms with van der Waals surface area (Å²) >= 11 is 0. The summed E-state index contributed by atoms with van der Waals surface area (Å²) in [6.07, 6.45) is 0.547. The van der Waals surface area contributed by atoms with Crippen LogP contribution in [0.3, 0.4) is 0 Å². The van der Waals surface area contributed by atoms with Gasteiger partial charge < -0.3 is 15.2 Å². The highest BCUT2D eigenvalue weighted by molar-refractivity contribution is 5.98. The van der Waals surface area contributed by atoms with Gasteiger partial charge in [0, 0.05) is 13.5 Å². The molecule has 0 fully saturated rings. The fourth-order valence-corrected chi connectivity index (χ4v) is 2.25. The molecule has 0 radical (unpaired) electrons. The average molecular weight is 306 g/mol. The van der Waals surface area contributed by atoms with E-state index in [0.717, 1.165) is 5.56 Å². The summed E-state index contributed by atoms with van der Waals surface area (Å²) in [6.45, 7) is 2.30. The molecule has 4 N–H and O–H groups in total. The maximum atomic E-state index is 6.09. The molecule has 1 unspecified atom stereocenters. The molecule has 2 rings (SSSR count).